The van der Waals surface area contributed by atoms with E-state index in [1.165, 1.54) is 12.1 Å². The van der Waals surface area contributed by atoms with Crippen LogP contribution in [0.25, 0.3) is 0 Å². The molecular formula is C14H17BrN4O3S. The summed E-state index contributed by atoms with van der Waals surface area (Å²) in [5.74, 6) is -0.182. The van der Waals surface area contributed by atoms with Crippen molar-refractivity contribution in [3.8, 4) is 0 Å². The molecule has 1 amide bonds. The maximum atomic E-state index is 12.0. The number of sulfonamides is 1. The van der Waals surface area contributed by atoms with Gasteiger partial charge in [0.05, 0.1) is 20.8 Å². The summed E-state index contributed by atoms with van der Waals surface area (Å²) < 4.78 is 24.9. The number of benzene rings is 1. The van der Waals surface area contributed by atoms with Crippen molar-refractivity contribution in [2.75, 3.05) is 0 Å². The molecule has 0 radical (unpaired) electrons. The number of rotatable bonds is 5. The minimum absolute atomic E-state index is 0.0417. The molecule has 0 atom stereocenters. The average Bonchev–Trinajstić information content (AvgIpc) is 2.72. The molecule has 9 heteroatoms. The highest BCUT2D eigenvalue weighted by Gasteiger charge is 2.12. The largest absolute Gasteiger partial charge is 0.350 e. The Kier molecular flexibility index (Phi) is 5.23. The molecule has 1 aromatic carbocycles. The Labute approximate surface area is 143 Å². The molecule has 2 rings (SSSR count). The van der Waals surface area contributed by atoms with Crippen LogP contribution in [-0.4, -0.2) is 24.1 Å². The van der Waals surface area contributed by atoms with Crippen LogP contribution in [0.15, 0.2) is 33.6 Å². The van der Waals surface area contributed by atoms with Crippen LogP contribution >= 0.6 is 15.9 Å². The van der Waals surface area contributed by atoms with Gasteiger partial charge >= 0.3 is 0 Å². The van der Waals surface area contributed by atoms with E-state index >= 15 is 0 Å². The molecule has 23 heavy (non-hydrogen) atoms. The fourth-order valence-electron chi connectivity index (χ4n) is 2.02. The third kappa shape index (κ3) is 4.40. The molecule has 0 spiro atoms. The van der Waals surface area contributed by atoms with Crippen molar-refractivity contribution in [2.45, 2.75) is 31.8 Å². The van der Waals surface area contributed by atoms with E-state index in [2.05, 4.69) is 26.3 Å². The lowest BCUT2D eigenvalue weighted by Gasteiger charge is -2.07. The van der Waals surface area contributed by atoms with E-state index in [4.69, 9.17) is 5.14 Å². The summed E-state index contributed by atoms with van der Waals surface area (Å²) in [5.41, 5.74) is 2.49. The highest BCUT2D eigenvalue weighted by Crippen LogP contribution is 2.19. The number of primary sulfonamides is 1. The smallest absolute Gasteiger partial charge is 0.242 e. The van der Waals surface area contributed by atoms with Crippen LogP contribution < -0.4 is 10.5 Å². The van der Waals surface area contributed by atoms with Crippen molar-refractivity contribution < 1.29 is 13.2 Å². The van der Waals surface area contributed by atoms with Gasteiger partial charge in [-0.05, 0) is 47.5 Å². The molecule has 0 aliphatic heterocycles. The third-order valence-electron chi connectivity index (χ3n) is 3.33. The Morgan fingerprint density at radius 3 is 2.39 bits per heavy atom. The van der Waals surface area contributed by atoms with Gasteiger partial charge in [-0.15, -0.1) is 0 Å². The predicted octanol–water partition coefficient (Wildman–Crippen LogP) is 1.23. The number of hydrogen-bond acceptors (Lipinski definition) is 4. The van der Waals surface area contributed by atoms with Crippen LogP contribution in [-0.2, 0) is 27.9 Å². The first-order valence-electron chi connectivity index (χ1n) is 6.76. The molecule has 0 aliphatic carbocycles. The second-order valence-corrected chi connectivity index (χ2v) is 7.46. The molecule has 124 valence electrons. The summed E-state index contributed by atoms with van der Waals surface area (Å²) in [5, 5.41) is 12.1. The molecule has 3 N–H and O–H groups in total. The summed E-state index contributed by atoms with van der Waals surface area (Å²) in [7, 11) is -3.70. The zero-order valence-electron chi connectivity index (χ0n) is 12.7. The summed E-state index contributed by atoms with van der Waals surface area (Å²) in [6, 6.07) is 6.05. The summed E-state index contributed by atoms with van der Waals surface area (Å²) >= 11 is 3.41. The Bertz CT molecular complexity index is 828. The van der Waals surface area contributed by atoms with E-state index in [1.54, 1.807) is 16.8 Å². The SMILES string of the molecule is Cc1nn(CC(=O)NCc2ccc(S(N)(=O)=O)cc2)c(C)c1Br. The van der Waals surface area contributed by atoms with Gasteiger partial charge in [-0.2, -0.15) is 5.10 Å². The molecule has 0 aliphatic rings. The first kappa shape index (κ1) is 17.6. The first-order valence-corrected chi connectivity index (χ1v) is 9.10. The summed E-state index contributed by atoms with van der Waals surface area (Å²) in [6.07, 6.45) is 0. The zero-order valence-corrected chi connectivity index (χ0v) is 15.1. The van der Waals surface area contributed by atoms with E-state index < -0.39 is 10.0 Å². The van der Waals surface area contributed by atoms with Crippen molar-refractivity contribution in [2.24, 2.45) is 5.14 Å². The van der Waals surface area contributed by atoms with Gasteiger partial charge in [0.15, 0.2) is 0 Å². The maximum Gasteiger partial charge on any atom is 0.242 e. The molecule has 0 unspecified atom stereocenters. The van der Waals surface area contributed by atoms with Gasteiger partial charge in [-0.3, -0.25) is 9.48 Å². The van der Waals surface area contributed by atoms with E-state index in [-0.39, 0.29) is 17.3 Å². The van der Waals surface area contributed by atoms with Gasteiger partial charge in [0.1, 0.15) is 6.54 Å². The van der Waals surface area contributed by atoms with Crippen molar-refractivity contribution >= 4 is 31.9 Å². The Balaban J connectivity index is 1.95. The number of hydrogen-bond donors (Lipinski definition) is 2. The lowest BCUT2D eigenvalue weighted by molar-refractivity contribution is -0.122. The number of halogens is 1. The Morgan fingerprint density at radius 1 is 1.30 bits per heavy atom. The van der Waals surface area contributed by atoms with Crippen LogP contribution in [0.5, 0.6) is 0 Å². The molecule has 0 saturated heterocycles. The highest BCUT2D eigenvalue weighted by molar-refractivity contribution is 9.10. The van der Waals surface area contributed by atoms with Crippen LogP contribution in [0.3, 0.4) is 0 Å². The fraction of sp³-hybridized carbons (Fsp3) is 0.286. The van der Waals surface area contributed by atoms with E-state index in [0.717, 1.165) is 21.4 Å². The standard InChI is InChI=1S/C14H17BrN4O3S/c1-9-14(15)10(2)19(18-9)8-13(20)17-7-11-3-5-12(6-4-11)23(16,21)22/h3-6H,7-8H2,1-2H3,(H,17,20)(H2,16,21,22). The molecule has 1 aromatic heterocycles. The van der Waals surface area contributed by atoms with Crippen LogP contribution in [0.2, 0.25) is 0 Å². The number of nitrogens with two attached hydrogens (primary N) is 1. The normalized spacial score (nSPS) is 11.5. The van der Waals surface area contributed by atoms with Crippen molar-refractivity contribution in [3.63, 3.8) is 0 Å². The lowest BCUT2D eigenvalue weighted by atomic mass is 10.2. The van der Waals surface area contributed by atoms with Gasteiger partial charge < -0.3 is 5.32 Å². The molecular weight excluding hydrogens is 384 g/mol. The number of carbonyl (C=O) groups excluding carboxylic acids is 1. The second-order valence-electron chi connectivity index (χ2n) is 5.11. The second kappa shape index (κ2) is 6.81. The highest BCUT2D eigenvalue weighted by atomic mass is 79.9. The van der Waals surface area contributed by atoms with E-state index in [0.29, 0.717) is 6.54 Å². The number of aromatic nitrogens is 2. The lowest BCUT2D eigenvalue weighted by Crippen LogP contribution is -2.28. The minimum Gasteiger partial charge on any atom is -0.350 e. The quantitative estimate of drug-likeness (QED) is 0.786. The maximum absolute atomic E-state index is 12.0. The van der Waals surface area contributed by atoms with Crippen molar-refractivity contribution in [1.29, 1.82) is 0 Å². The van der Waals surface area contributed by atoms with Crippen LogP contribution in [0.4, 0.5) is 0 Å². The van der Waals surface area contributed by atoms with E-state index in [1.807, 2.05) is 13.8 Å². The average molecular weight is 401 g/mol. The van der Waals surface area contributed by atoms with Gasteiger partial charge in [0, 0.05) is 6.54 Å². The monoisotopic (exact) mass is 400 g/mol. The van der Waals surface area contributed by atoms with Crippen LogP contribution in [0, 0.1) is 13.8 Å². The first-order chi connectivity index (χ1) is 10.7. The van der Waals surface area contributed by atoms with Gasteiger partial charge in [0.25, 0.3) is 0 Å². The Morgan fingerprint density at radius 2 is 1.91 bits per heavy atom. The number of amides is 1. The molecule has 7 nitrogen and oxygen atoms in total. The predicted molar refractivity (Wildman–Crippen MR) is 89.1 cm³/mol. The van der Waals surface area contributed by atoms with Crippen molar-refractivity contribution in [1.82, 2.24) is 15.1 Å². The summed E-state index contributed by atoms with van der Waals surface area (Å²) in [6.45, 7) is 4.15. The number of carbonyl (C=O) groups is 1. The molecule has 0 bridgehead atoms. The minimum atomic E-state index is -3.70. The molecule has 0 fully saturated rings. The van der Waals surface area contributed by atoms with Crippen LogP contribution in [0.1, 0.15) is 17.0 Å². The van der Waals surface area contributed by atoms with Gasteiger partial charge in [-0.1, -0.05) is 12.1 Å². The van der Waals surface area contributed by atoms with E-state index in [9.17, 15) is 13.2 Å². The number of nitrogens with one attached hydrogen (secondary N) is 1. The Hall–Kier alpha value is -1.71. The topological polar surface area (TPSA) is 107 Å². The van der Waals surface area contributed by atoms with Crippen molar-refractivity contribution in [3.05, 3.63) is 45.7 Å². The van der Waals surface area contributed by atoms with Gasteiger partial charge in [0.2, 0.25) is 15.9 Å². The molecule has 1 heterocycles. The molecule has 2 aromatic rings. The summed E-state index contributed by atoms with van der Waals surface area (Å²) in [4.78, 5) is 12.0. The fourth-order valence-corrected chi connectivity index (χ4v) is 2.82. The third-order valence-corrected chi connectivity index (χ3v) is 5.40. The number of nitrogens with zero attached hydrogens (tertiary/aromatic N) is 2. The molecule has 0 saturated carbocycles. The zero-order chi connectivity index (χ0) is 17.2. The number of aryl methyl sites for hydroxylation is 1. The van der Waals surface area contributed by atoms with Gasteiger partial charge in [-0.25, -0.2) is 13.6 Å².